The van der Waals surface area contributed by atoms with Crippen LogP contribution in [0.4, 0.5) is 0 Å². The number of ether oxygens (including phenoxy) is 1. The van der Waals surface area contributed by atoms with E-state index in [0.29, 0.717) is 24.4 Å². The van der Waals surface area contributed by atoms with Crippen molar-refractivity contribution in [1.29, 1.82) is 0 Å². The average molecular weight is 402 g/mol. The smallest absolute Gasteiger partial charge is 0.260 e. The Morgan fingerprint density at radius 2 is 1.61 bits per heavy atom. The molecule has 2 aromatic carbocycles. The Kier molecular flexibility index (Phi) is 6.11. The Morgan fingerprint density at radius 3 is 2.18 bits per heavy atom. The molecule has 148 valence electrons. The number of aldehydes is 1. The topological polar surface area (TPSA) is 84.0 Å². The van der Waals surface area contributed by atoms with Crippen LogP contribution in [0.2, 0.25) is 0 Å². The first-order chi connectivity index (χ1) is 13.4. The lowest BCUT2D eigenvalue weighted by Crippen LogP contribution is -2.51. The molecular weight excluding hydrogens is 380 g/mol. The third kappa shape index (κ3) is 4.58. The maximum atomic E-state index is 12.7. The second-order valence-electron chi connectivity index (χ2n) is 6.57. The molecule has 1 saturated heterocycles. The van der Waals surface area contributed by atoms with Crippen LogP contribution < -0.4 is 4.74 Å². The maximum absolute atomic E-state index is 12.7. The van der Waals surface area contributed by atoms with Gasteiger partial charge in [0.1, 0.15) is 12.0 Å². The summed E-state index contributed by atoms with van der Waals surface area (Å²) in [7, 11) is -3.55. The molecule has 8 heteroatoms. The number of hydrogen-bond donors (Lipinski definition) is 0. The summed E-state index contributed by atoms with van der Waals surface area (Å²) < 4.78 is 32.3. The summed E-state index contributed by atoms with van der Waals surface area (Å²) in [5.41, 5.74) is 1.53. The highest BCUT2D eigenvalue weighted by atomic mass is 32.2. The van der Waals surface area contributed by atoms with Gasteiger partial charge >= 0.3 is 0 Å². The lowest BCUT2D eigenvalue weighted by Gasteiger charge is -2.34. The minimum atomic E-state index is -3.55. The van der Waals surface area contributed by atoms with Gasteiger partial charge in [-0.1, -0.05) is 17.7 Å². The van der Waals surface area contributed by atoms with Crippen molar-refractivity contribution in [2.24, 2.45) is 0 Å². The Balaban J connectivity index is 1.53. The van der Waals surface area contributed by atoms with Crippen LogP contribution in [0.1, 0.15) is 15.9 Å². The molecule has 0 aromatic heterocycles. The van der Waals surface area contributed by atoms with Crippen LogP contribution in [0.15, 0.2) is 53.4 Å². The Morgan fingerprint density at radius 1 is 1.00 bits per heavy atom. The van der Waals surface area contributed by atoms with E-state index in [1.165, 1.54) is 4.31 Å². The number of amides is 1. The summed E-state index contributed by atoms with van der Waals surface area (Å²) in [6, 6.07) is 13.2. The van der Waals surface area contributed by atoms with Gasteiger partial charge in [-0.25, -0.2) is 8.42 Å². The normalized spacial score (nSPS) is 15.2. The summed E-state index contributed by atoms with van der Waals surface area (Å²) >= 11 is 0. The molecule has 0 N–H and O–H groups in total. The van der Waals surface area contributed by atoms with E-state index in [-0.39, 0.29) is 30.5 Å². The molecule has 1 amide bonds. The summed E-state index contributed by atoms with van der Waals surface area (Å²) in [4.78, 5) is 24.8. The molecule has 0 spiro atoms. The van der Waals surface area contributed by atoms with Crippen molar-refractivity contribution in [2.45, 2.75) is 11.8 Å². The van der Waals surface area contributed by atoms with Crippen LogP contribution >= 0.6 is 0 Å². The Hall–Kier alpha value is -2.71. The fourth-order valence-corrected chi connectivity index (χ4v) is 4.34. The molecule has 28 heavy (non-hydrogen) atoms. The van der Waals surface area contributed by atoms with E-state index in [4.69, 9.17) is 4.74 Å². The molecule has 0 radical (unpaired) electrons. The van der Waals surface area contributed by atoms with Crippen molar-refractivity contribution in [3.05, 3.63) is 59.7 Å². The third-order valence-electron chi connectivity index (χ3n) is 4.63. The quantitative estimate of drug-likeness (QED) is 0.687. The molecule has 1 fully saturated rings. The van der Waals surface area contributed by atoms with Gasteiger partial charge in [0.15, 0.2) is 6.61 Å². The number of hydrogen-bond acceptors (Lipinski definition) is 5. The Labute approximate surface area is 164 Å². The standard InChI is InChI=1S/C20H22N2O5S/c1-16-2-8-19(9-3-16)28(25,26)22-12-10-21(11-13-22)20(24)15-27-18-6-4-17(14-23)5-7-18/h2-9,14H,10-13,15H2,1H3. The highest BCUT2D eigenvalue weighted by Gasteiger charge is 2.30. The molecule has 0 aliphatic carbocycles. The number of sulfonamides is 1. The van der Waals surface area contributed by atoms with Crippen molar-refractivity contribution in [3.8, 4) is 5.75 Å². The largest absolute Gasteiger partial charge is 0.484 e. The maximum Gasteiger partial charge on any atom is 0.260 e. The molecule has 3 rings (SSSR count). The monoisotopic (exact) mass is 402 g/mol. The zero-order valence-electron chi connectivity index (χ0n) is 15.6. The first kappa shape index (κ1) is 20.0. The van der Waals surface area contributed by atoms with Gasteiger partial charge < -0.3 is 9.64 Å². The van der Waals surface area contributed by atoms with Crippen LogP contribution in [0.3, 0.4) is 0 Å². The number of aryl methyl sites for hydroxylation is 1. The summed E-state index contributed by atoms with van der Waals surface area (Å²) in [6.45, 7) is 2.89. The summed E-state index contributed by atoms with van der Waals surface area (Å²) in [5.74, 6) is 0.298. The van der Waals surface area contributed by atoms with E-state index in [9.17, 15) is 18.0 Å². The molecule has 0 unspecified atom stereocenters. The SMILES string of the molecule is Cc1ccc(S(=O)(=O)N2CCN(C(=O)COc3ccc(C=O)cc3)CC2)cc1. The van der Waals surface area contributed by atoms with E-state index in [0.717, 1.165) is 11.8 Å². The van der Waals surface area contributed by atoms with Crippen LogP contribution in [0, 0.1) is 6.92 Å². The predicted octanol–water partition coefficient (Wildman–Crippen LogP) is 1.72. The van der Waals surface area contributed by atoms with Gasteiger partial charge in [0.25, 0.3) is 5.91 Å². The molecule has 0 saturated carbocycles. The number of carbonyl (C=O) groups is 2. The highest BCUT2D eigenvalue weighted by molar-refractivity contribution is 7.89. The molecule has 1 heterocycles. The minimum Gasteiger partial charge on any atom is -0.484 e. The second-order valence-corrected chi connectivity index (χ2v) is 8.51. The van der Waals surface area contributed by atoms with Gasteiger partial charge in [0.2, 0.25) is 10.0 Å². The average Bonchev–Trinajstić information content (AvgIpc) is 2.73. The van der Waals surface area contributed by atoms with Crippen LogP contribution in [-0.4, -0.2) is 62.6 Å². The van der Waals surface area contributed by atoms with Crippen molar-refractivity contribution in [2.75, 3.05) is 32.8 Å². The lowest BCUT2D eigenvalue weighted by molar-refractivity contribution is -0.134. The van der Waals surface area contributed by atoms with Gasteiger partial charge in [-0.2, -0.15) is 4.31 Å². The molecule has 7 nitrogen and oxygen atoms in total. The fourth-order valence-electron chi connectivity index (χ4n) is 2.92. The molecule has 2 aromatic rings. The number of nitrogens with zero attached hydrogens (tertiary/aromatic N) is 2. The highest BCUT2D eigenvalue weighted by Crippen LogP contribution is 2.18. The molecule has 1 aliphatic rings. The van der Waals surface area contributed by atoms with Crippen molar-refractivity contribution in [1.82, 2.24) is 9.21 Å². The second kappa shape index (κ2) is 8.53. The number of benzene rings is 2. The van der Waals surface area contributed by atoms with Gasteiger partial charge in [-0.3, -0.25) is 9.59 Å². The first-order valence-corrected chi connectivity index (χ1v) is 10.4. The molecular formula is C20H22N2O5S. The van der Waals surface area contributed by atoms with E-state index < -0.39 is 10.0 Å². The van der Waals surface area contributed by atoms with Crippen molar-refractivity contribution in [3.63, 3.8) is 0 Å². The zero-order chi connectivity index (χ0) is 20.1. The van der Waals surface area contributed by atoms with E-state index >= 15 is 0 Å². The summed E-state index contributed by atoms with van der Waals surface area (Å²) in [5, 5.41) is 0. The van der Waals surface area contributed by atoms with Crippen molar-refractivity contribution >= 4 is 22.2 Å². The number of rotatable bonds is 6. The van der Waals surface area contributed by atoms with Gasteiger partial charge in [0.05, 0.1) is 4.90 Å². The van der Waals surface area contributed by atoms with Gasteiger partial charge in [-0.15, -0.1) is 0 Å². The Bertz CT molecular complexity index is 932. The van der Waals surface area contributed by atoms with E-state index in [1.807, 2.05) is 6.92 Å². The number of carbonyl (C=O) groups excluding carboxylic acids is 2. The van der Waals surface area contributed by atoms with Crippen molar-refractivity contribution < 1.29 is 22.7 Å². The lowest BCUT2D eigenvalue weighted by atomic mass is 10.2. The van der Waals surface area contributed by atoms with Crippen LogP contribution in [0.25, 0.3) is 0 Å². The summed E-state index contributed by atoms with van der Waals surface area (Å²) in [6.07, 6.45) is 0.735. The van der Waals surface area contributed by atoms with Crippen LogP contribution in [-0.2, 0) is 14.8 Å². The predicted molar refractivity (Wildman–Crippen MR) is 104 cm³/mol. The van der Waals surface area contributed by atoms with Crippen LogP contribution in [0.5, 0.6) is 5.75 Å². The van der Waals surface area contributed by atoms with Gasteiger partial charge in [-0.05, 0) is 43.3 Å². The number of piperazine rings is 1. The minimum absolute atomic E-state index is 0.134. The molecule has 1 aliphatic heterocycles. The molecule has 0 atom stereocenters. The third-order valence-corrected chi connectivity index (χ3v) is 6.54. The zero-order valence-corrected chi connectivity index (χ0v) is 16.4. The molecule has 0 bridgehead atoms. The van der Waals surface area contributed by atoms with Gasteiger partial charge in [0, 0.05) is 31.7 Å². The first-order valence-electron chi connectivity index (χ1n) is 8.93. The fraction of sp³-hybridized carbons (Fsp3) is 0.300. The van der Waals surface area contributed by atoms with E-state index in [2.05, 4.69) is 0 Å². The van der Waals surface area contributed by atoms with E-state index in [1.54, 1.807) is 53.4 Å².